The molecule has 0 saturated carbocycles. The second-order valence-corrected chi connectivity index (χ2v) is 3.90. The molecule has 3 aromatic rings. The molecule has 0 atom stereocenters. The molecular weight excluding hydrogens is 234 g/mol. The van der Waals surface area contributed by atoms with E-state index in [1.807, 2.05) is 19.1 Å². The van der Waals surface area contributed by atoms with E-state index in [1.165, 1.54) is 0 Å². The van der Waals surface area contributed by atoms with Crippen LogP contribution in [0.4, 0.5) is 5.88 Å². The van der Waals surface area contributed by atoms with E-state index >= 15 is 0 Å². The Labute approximate surface area is 102 Å². The quantitative estimate of drug-likeness (QED) is 0.744. The van der Waals surface area contributed by atoms with Crippen molar-refractivity contribution >= 4 is 17.0 Å². The van der Waals surface area contributed by atoms with E-state index in [0.29, 0.717) is 17.7 Å². The molecule has 0 unspecified atom stereocenters. The van der Waals surface area contributed by atoms with Crippen molar-refractivity contribution in [2.24, 2.45) is 0 Å². The summed E-state index contributed by atoms with van der Waals surface area (Å²) in [6.45, 7) is 2.44. The first-order valence-electron chi connectivity index (χ1n) is 5.54. The maximum atomic E-state index is 11.6. The molecule has 6 heteroatoms. The monoisotopic (exact) mass is 245 g/mol. The van der Waals surface area contributed by atoms with Crippen LogP contribution in [0.1, 0.15) is 6.92 Å². The lowest BCUT2D eigenvalue weighted by atomic mass is 10.1. The Bertz CT molecular complexity index is 766. The van der Waals surface area contributed by atoms with Crippen molar-refractivity contribution in [1.82, 2.24) is 9.72 Å². The Morgan fingerprint density at radius 2 is 2.28 bits per heavy atom. The molecule has 0 spiro atoms. The molecular formula is C12H11N3O3. The van der Waals surface area contributed by atoms with Crippen molar-refractivity contribution in [1.29, 1.82) is 0 Å². The number of oxazole rings is 1. The molecule has 0 saturated heterocycles. The number of anilines is 1. The van der Waals surface area contributed by atoms with Crippen molar-refractivity contribution in [3.8, 4) is 11.1 Å². The van der Waals surface area contributed by atoms with Crippen LogP contribution in [0.2, 0.25) is 0 Å². The lowest BCUT2D eigenvalue weighted by molar-refractivity contribution is 0.436. The number of aryl methyl sites for hydroxylation is 1. The molecule has 2 N–H and O–H groups in total. The summed E-state index contributed by atoms with van der Waals surface area (Å²) in [4.78, 5) is 11.6. The fourth-order valence-electron chi connectivity index (χ4n) is 1.99. The van der Waals surface area contributed by atoms with E-state index in [-0.39, 0.29) is 11.6 Å². The Hall–Kier alpha value is -2.50. The van der Waals surface area contributed by atoms with E-state index in [9.17, 15) is 4.79 Å². The van der Waals surface area contributed by atoms with Gasteiger partial charge in [0.25, 0.3) is 0 Å². The van der Waals surface area contributed by atoms with Gasteiger partial charge in [0.2, 0.25) is 5.88 Å². The summed E-state index contributed by atoms with van der Waals surface area (Å²) in [5, 5.41) is 3.63. The summed E-state index contributed by atoms with van der Waals surface area (Å²) < 4.78 is 11.5. The summed E-state index contributed by atoms with van der Waals surface area (Å²) in [5.41, 5.74) is 8.50. The Morgan fingerprint density at radius 3 is 2.94 bits per heavy atom. The Balaban J connectivity index is 2.28. The smallest absolute Gasteiger partial charge is 0.408 e. The van der Waals surface area contributed by atoms with Crippen molar-refractivity contribution in [3.05, 3.63) is 34.9 Å². The van der Waals surface area contributed by atoms with Crippen LogP contribution >= 0.6 is 0 Å². The summed E-state index contributed by atoms with van der Waals surface area (Å²) in [7, 11) is 0. The first-order chi connectivity index (χ1) is 8.70. The fraction of sp³-hybridized carbons (Fsp3) is 0.167. The SMILES string of the molecule is CCn1c(=O)oc2ccc(-c3cnoc3N)cc21. The van der Waals surface area contributed by atoms with E-state index < -0.39 is 0 Å². The van der Waals surface area contributed by atoms with E-state index in [0.717, 1.165) is 11.1 Å². The Morgan fingerprint density at radius 1 is 1.44 bits per heavy atom. The zero-order valence-electron chi connectivity index (χ0n) is 9.71. The number of benzene rings is 1. The lowest BCUT2D eigenvalue weighted by Crippen LogP contribution is -2.11. The molecule has 3 rings (SSSR count). The summed E-state index contributed by atoms with van der Waals surface area (Å²) >= 11 is 0. The third-order valence-corrected chi connectivity index (χ3v) is 2.89. The summed E-state index contributed by atoms with van der Waals surface area (Å²) in [5.74, 6) is -0.105. The largest absolute Gasteiger partial charge is 0.419 e. The van der Waals surface area contributed by atoms with Crippen LogP contribution in [-0.4, -0.2) is 9.72 Å². The minimum absolute atomic E-state index is 0.253. The van der Waals surface area contributed by atoms with Crippen molar-refractivity contribution in [2.75, 3.05) is 5.73 Å². The maximum absolute atomic E-state index is 11.6. The lowest BCUT2D eigenvalue weighted by Gasteiger charge is -2.00. The van der Waals surface area contributed by atoms with Crippen LogP contribution in [-0.2, 0) is 6.54 Å². The first kappa shape index (κ1) is 10.6. The van der Waals surface area contributed by atoms with Gasteiger partial charge in [0, 0.05) is 6.54 Å². The standard InChI is InChI=1S/C12H11N3O3/c1-2-15-9-5-7(8-6-14-18-11(8)13)3-4-10(9)17-12(15)16/h3-6H,2,13H2,1H3. The highest BCUT2D eigenvalue weighted by atomic mass is 16.5. The van der Waals surface area contributed by atoms with Crippen LogP contribution in [0.5, 0.6) is 0 Å². The van der Waals surface area contributed by atoms with Gasteiger partial charge < -0.3 is 14.7 Å². The highest BCUT2D eigenvalue weighted by Crippen LogP contribution is 2.28. The zero-order chi connectivity index (χ0) is 12.7. The molecule has 2 aromatic heterocycles. The molecule has 0 aliphatic rings. The highest BCUT2D eigenvalue weighted by molar-refractivity contribution is 5.83. The Kier molecular flexibility index (Phi) is 2.22. The average molecular weight is 245 g/mol. The molecule has 6 nitrogen and oxygen atoms in total. The zero-order valence-corrected chi connectivity index (χ0v) is 9.71. The number of nitrogens with zero attached hydrogens (tertiary/aromatic N) is 2. The van der Waals surface area contributed by atoms with Gasteiger partial charge in [-0.3, -0.25) is 4.57 Å². The normalized spacial score (nSPS) is 11.2. The number of hydrogen-bond donors (Lipinski definition) is 1. The fourth-order valence-corrected chi connectivity index (χ4v) is 1.99. The highest BCUT2D eigenvalue weighted by Gasteiger charge is 2.12. The second-order valence-electron chi connectivity index (χ2n) is 3.90. The van der Waals surface area contributed by atoms with Crippen LogP contribution in [0.3, 0.4) is 0 Å². The number of rotatable bonds is 2. The molecule has 0 fully saturated rings. The van der Waals surface area contributed by atoms with Gasteiger partial charge in [-0.05, 0) is 24.6 Å². The number of nitrogens with two attached hydrogens (primary N) is 1. The molecule has 0 amide bonds. The number of nitrogen functional groups attached to an aromatic ring is 1. The molecule has 1 aromatic carbocycles. The van der Waals surface area contributed by atoms with E-state index in [2.05, 4.69) is 5.16 Å². The minimum Gasteiger partial charge on any atom is -0.408 e. The van der Waals surface area contributed by atoms with Gasteiger partial charge in [0.15, 0.2) is 5.58 Å². The third-order valence-electron chi connectivity index (χ3n) is 2.89. The van der Waals surface area contributed by atoms with Crippen LogP contribution in [0, 0.1) is 0 Å². The third kappa shape index (κ3) is 1.42. The van der Waals surface area contributed by atoms with Gasteiger partial charge in [-0.1, -0.05) is 11.2 Å². The number of fused-ring (bicyclic) bond motifs is 1. The van der Waals surface area contributed by atoms with Gasteiger partial charge >= 0.3 is 5.76 Å². The van der Waals surface area contributed by atoms with Crippen molar-refractivity contribution in [2.45, 2.75) is 13.5 Å². The average Bonchev–Trinajstić information content (AvgIpc) is 2.90. The van der Waals surface area contributed by atoms with Crippen molar-refractivity contribution < 1.29 is 8.94 Å². The molecule has 0 aliphatic carbocycles. The molecule has 0 bridgehead atoms. The molecule has 92 valence electrons. The topological polar surface area (TPSA) is 87.2 Å². The molecule has 0 radical (unpaired) electrons. The predicted octanol–water partition coefficient (Wildman–Crippen LogP) is 1.85. The van der Waals surface area contributed by atoms with E-state index in [1.54, 1.807) is 16.8 Å². The van der Waals surface area contributed by atoms with Crippen molar-refractivity contribution in [3.63, 3.8) is 0 Å². The minimum atomic E-state index is -0.358. The van der Waals surface area contributed by atoms with Gasteiger partial charge in [0.1, 0.15) is 0 Å². The second kappa shape index (κ2) is 3.76. The maximum Gasteiger partial charge on any atom is 0.419 e. The molecule has 18 heavy (non-hydrogen) atoms. The van der Waals surface area contributed by atoms with Crippen LogP contribution in [0.15, 0.2) is 38.1 Å². The first-order valence-corrected chi connectivity index (χ1v) is 5.54. The molecule has 0 aliphatic heterocycles. The van der Waals surface area contributed by atoms with Gasteiger partial charge in [-0.25, -0.2) is 4.79 Å². The van der Waals surface area contributed by atoms with Gasteiger partial charge in [0.05, 0.1) is 17.3 Å². The van der Waals surface area contributed by atoms with Gasteiger partial charge in [-0.15, -0.1) is 0 Å². The molecule has 2 heterocycles. The number of hydrogen-bond acceptors (Lipinski definition) is 5. The predicted molar refractivity (Wildman–Crippen MR) is 66.1 cm³/mol. The van der Waals surface area contributed by atoms with E-state index in [4.69, 9.17) is 14.7 Å². The summed E-state index contributed by atoms with van der Waals surface area (Å²) in [6, 6.07) is 5.39. The van der Waals surface area contributed by atoms with Gasteiger partial charge in [-0.2, -0.15) is 0 Å². The summed E-state index contributed by atoms with van der Waals surface area (Å²) in [6.07, 6.45) is 1.55. The van der Waals surface area contributed by atoms with Crippen LogP contribution in [0.25, 0.3) is 22.2 Å². The number of aromatic nitrogens is 2. The van der Waals surface area contributed by atoms with Crippen LogP contribution < -0.4 is 11.5 Å².